The molecule has 0 aliphatic carbocycles. The number of anilines is 1. The van der Waals surface area contributed by atoms with Crippen LogP contribution < -0.4 is 16.4 Å². The van der Waals surface area contributed by atoms with Crippen molar-refractivity contribution >= 4 is 63.8 Å². The smallest absolute Gasteiger partial charge is 0.413 e. The molecular formula is C22H27N5O8S2. The first-order valence-electron chi connectivity index (χ1n) is 11.1. The number of carbonyl (C=O) groups excluding carboxylic acids is 4. The molecule has 1 aromatic heterocycles. The molecule has 200 valence electrons. The van der Waals surface area contributed by atoms with Gasteiger partial charge in [-0.3, -0.25) is 14.9 Å². The highest BCUT2D eigenvalue weighted by Gasteiger charge is 2.56. The number of aliphatic carboxylic acids is 1. The van der Waals surface area contributed by atoms with Gasteiger partial charge in [-0.2, -0.15) is 0 Å². The molecule has 2 aliphatic heterocycles. The summed E-state index contributed by atoms with van der Waals surface area (Å²) in [6.07, 6.45) is 0.370. The second-order valence-electron chi connectivity index (χ2n) is 8.96. The zero-order chi connectivity index (χ0) is 27.5. The van der Waals surface area contributed by atoms with Crippen molar-refractivity contribution in [3.8, 4) is 0 Å². The highest BCUT2D eigenvalue weighted by Crippen LogP contribution is 2.40. The van der Waals surface area contributed by atoms with Gasteiger partial charge in [0, 0.05) is 11.0 Å². The first-order valence-corrected chi connectivity index (χ1v) is 12.9. The van der Waals surface area contributed by atoms with Crippen LogP contribution in [-0.4, -0.2) is 74.6 Å². The van der Waals surface area contributed by atoms with Crippen LogP contribution in [0.2, 0.25) is 0 Å². The van der Waals surface area contributed by atoms with Crippen molar-refractivity contribution in [2.24, 2.45) is 5.73 Å². The molecule has 1 unspecified atom stereocenters. The molecule has 3 heterocycles. The first kappa shape index (κ1) is 28.0. The lowest BCUT2D eigenvalue weighted by Crippen LogP contribution is -2.74. The van der Waals surface area contributed by atoms with Gasteiger partial charge in [-0.05, 0) is 32.6 Å². The van der Waals surface area contributed by atoms with Gasteiger partial charge >= 0.3 is 18.2 Å². The number of nitrogens with one attached hydrogen (secondary N) is 2. The quantitative estimate of drug-likeness (QED) is 0.274. The largest absolute Gasteiger partial charge is 0.479 e. The summed E-state index contributed by atoms with van der Waals surface area (Å²) >= 11 is 2.22. The maximum Gasteiger partial charge on any atom is 0.413 e. The van der Waals surface area contributed by atoms with Gasteiger partial charge < -0.3 is 30.5 Å². The molecule has 0 spiro atoms. The molecule has 5 N–H and O–H groups in total. The van der Waals surface area contributed by atoms with Crippen LogP contribution in [0.4, 0.5) is 14.7 Å². The van der Waals surface area contributed by atoms with E-state index in [9.17, 15) is 29.1 Å². The monoisotopic (exact) mass is 553 g/mol. The number of thiazole rings is 1. The Morgan fingerprint density at radius 2 is 2.00 bits per heavy atom. The Bertz CT molecular complexity index is 1170. The average molecular weight is 554 g/mol. The Labute approximate surface area is 220 Å². The van der Waals surface area contributed by atoms with Crippen molar-refractivity contribution in [3.63, 3.8) is 0 Å². The van der Waals surface area contributed by atoms with Crippen LogP contribution in [0.3, 0.4) is 0 Å². The Morgan fingerprint density at radius 3 is 2.59 bits per heavy atom. The van der Waals surface area contributed by atoms with Crippen molar-refractivity contribution in [3.05, 3.63) is 28.1 Å². The number of nitrogens with zero attached hydrogens (tertiary/aromatic N) is 2. The molecule has 37 heavy (non-hydrogen) atoms. The lowest BCUT2D eigenvalue weighted by molar-refractivity contribution is -0.160. The van der Waals surface area contributed by atoms with E-state index in [1.807, 2.05) is 6.92 Å². The minimum absolute atomic E-state index is 0.185. The van der Waals surface area contributed by atoms with Crippen LogP contribution >= 0.6 is 23.1 Å². The summed E-state index contributed by atoms with van der Waals surface area (Å²) in [6.45, 7) is 6.63. The number of rotatable bonds is 8. The number of β-lactam (4-membered cyclic amide) rings is 1. The number of nitrogens with two attached hydrogens (primary N) is 1. The SMILES string of the molecule is CC/C=C(\C(=O)N[C@@H]1C(=O)N2C(C(=O)O)C(COC(N)=O)=CS[C@H]12)c1csc(NC(=O)OC(C)(C)C)n1. The van der Waals surface area contributed by atoms with Crippen LogP contribution in [0.5, 0.6) is 0 Å². The molecule has 1 aromatic rings. The maximum absolute atomic E-state index is 13.1. The van der Waals surface area contributed by atoms with Gasteiger partial charge in [-0.1, -0.05) is 13.0 Å². The third-order valence-corrected chi connectivity index (χ3v) is 6.99. The van der Waals surface area contributed by atoms with Gasteiger partial charge in [-0.25, -0.2) is 19.4 Å². The van der Waals surface area contributed by atoms with Crippen LogP contribution in [-0.2, 0) is 23.9 Å². The summed E-state index contributed by atoms with van der Waals surface area (Å²) in [5, 5.41) is 17.5. The Kier molecular flexibility index (Phi) is 8.48. The minimum Gasteiger partial charge on any atom is -0.479 e. The number of aromatic nitrogens is 1. The molecule has 1 fully saturated rings. The van der Waals surface area contributed by atoms with E-state index in [-0.39, 0.29) is 22.9 Å². The van der Waals surface area contributed by atoms with Crippen molar-refractivity contribution in [1.29, 1.82) is 0 Å². The highest BCUT2D eigenvalue weighted by atomic mass is 32.2. The van der Waals surface area contributed by atoms with Crippen molar-refractivity contribution < 1.29 is 38.6 Å². The van der Waals surface area contributed by atoms with E-state index < -0.39 is 53.0 Å². The molecule has 3 atom stereocenters. The Balaban J connectivity index is 1.71. The van der Waals surface area contributed by atoms with E-state index in [4.69, 9.17) is 15.2 Å². The molecule has 2 aliphatic rings. The van der Waals surface area contributed by atoms with Crippen LogP contribution in [0.1, 0.15) is 39.8 Å². The molecule has 0 bridgehead atoms. The van der Waals surface area contributed by atoms with E-state index in [1.165, 1.54) is 5.41 Å². The van der Waals surface area contributed by atoms with Crippen LogP contribution in [0.25, 0.3) is 5.57 Å². The topological polar surface area (TPSA) is 190 Å². The summed E-state index contributed by atoms with van der Waals surface area (Å²) in [7, 11) is 0. The van der Waals surface area contributed by atoms with E-state index in [0.29, 0.717) is 12.1 Å². The molecule has 0 saturated carbocycles. The first-order chi connectivity index (χ1) is 17.3. The number of carbonyl (C=O) groups is 5. The highest BCUT2D eigenvalue weighted by molar-refractivity contribution is 8.03. The predicted octanol–water partition coefficient (Wildman–Crippen LogP) is 2.12. The van der Waals surface area contributed by atoms with Crippen molar-refractivity contribution in [2.45, 2.75) is 57.2 Å². The molecule has 1 saturated heterocycles. The molecule has 13 nitrogen and oxygen atoms in total. The summed E-state index contributed by atoms with van der Waals surface area (Å²) in [6, 6.07) is -2.33. The average Bonchev–Trinajstić information content (AvgIpc) is 3.24. The third-order valence-electron chi connectivity index (χ3n) is 5.01. The van der Waals surface area contributed by atoms with E-state index in [1.54, 1.807) is 32.2 Å². The Hall–Kier alpha value is -3.59. The van der Waals surface area contributed by atoms with E-state index in [0.717, 1.165) is 28.0 Å². The molecule has 3 rings (SSSR count). The number of hydrogen-bond acceptors (Lipinski definition) is 10. The lowest BCUT2D eigenvalue weighted by atomic mass is 9.98. The molecule has 0 radical (unpaired) electrons. The molecule has 0 aromatic carbocycles. The van der Waals surface area contributed by atoms with Gasteiger partial charge in [0.1, 0.15) is 23.6 Å². The fraction of sp³-hybridized carbons (Fsp3) is 0.455. The normalized spacial score (nSPS) is 21.2. The van der Waals surface area contributed by atoms with Crippen molar-refractivity contribution in [1.82, 2.24) is 15.2 Å². The fourth-order valence-electron chi connectivity index (χ4n) is 3.57. The zero-order valence-corrected chi connectivity index (χ0v) is 22.1. The minimum atomic E-state index is -1.35. The number of primary amides is 1. The van der Waals surface area contributed by atoms with Gasteiger partial charge in [0.15, 0.2) is 11.2 Å². The second kappa shape index (κ2) is 11.2. The number of ether oxygens (including phenoxy) is 2. The summed E-state index contributed by atoms with van der Waals surface area (Å²) in [4.78, 5) is 66.2. The van der Waals surface area contributed by atoms with E-state index >= 15 is 0 Å². The molecular weight excluding hydrogens is 526 g/mol. The van der Waals surface area contributed by atoms with Crippen LogP contribution in [0.15, 0.2) is 22.4 Å². The third kappa shape index (κ3) is 6.60. The van der Waals surface area contributed by atoms with Crippen LogP contribution in [0, 0.1) is 0 Å². The number of amides is 4. The summed E-state index contributed by atoms with van der Waals surface area (Å²) in [5.41, 5.74) is 4.94. The number of carboxylic acid groups (broad SMARTS) is 1. The maximum atomic E-state index is 13.1. The zero-order valence-electron chi connectivity index (χ0n) is 20.5. The molecule has 4 amide bonds. The van der Waals surface area contributed by atoms with Gasteiger partial charge in [0.2, 0.25) is 5.91 Å². The summed E-state index contributed by atoms with van der Waals surface area (Å²) in [5.74, 6) is -2.47. The van der Waals surface area contributed by atoms with Gasteiger partial charge in [0.05, 0.1) is 11.3 Å². The fourth-order valence-corrected chi connectivity index (χ4v) is 5.47. The van der Waals surface area contributed by atoms with E-state index in [2.05, 4.69) is 15.6 Å². The van der Waals surface area contributed by atoms with Crippen molar-refractivity contribution in [2.75, 3.05) is 11.9 Å². The number of carboxylic acids is 1. The number of hydrogen-bond donors (Lipinski definition) is 4. The second-order valence-corrected chi connectivity index (χ2v) is 10.8. The van der Waals surface area contributed by atoms with Gasteiger partial charge in [0.25, 0.3) is 5.91 Å². The summed E-state index contributed by atoms with van der Waals surface area (Å²) < 4.78 is 9.90. The number of thioether (sulfide) groups is 1. The Morgan fingerprint density at radius 1 is 1.30 bits per heavy atom. The van der Waals surface area contributed by atoms with Gasteiger partial charge in [-0.15, -0.1) is 23.1 Å². The molecule has 15 heteroatoms. The predicted molar refractivity (Wildman–Crippen MR) is 135 cm³/mol. The number of allylic oxidation sites excluding steroid dienone is 1. The number of fused-ring (bicyclic) bond motifs is 1. The standard InChI is InChI=1S/C22H27N5O8S2/c1-5-6-11(12-9-37-20(24-12)26-21(33)35-22(2,3)4)15(28)25-13-16(29)27-14(18(30)31)10(7-34-19(23)32)8-36-17(13)27/h6,8-9,13-14,17H,5,7H2,1-4H3,(H2,23,32)(H,25,28)(H,30,31)(H,24,26,33)/b11-6-/t13-,14?,17-/m1/s1. The lowest BCUT2D eigenvalue weighted by Gasteiger charge is -2.51.